The Balaban J connectivity index is 0.854. The Morgan fingerprint density at radius 2 is 0.667 bits per heavy atom. The van der Waals surface area contributed by atoms with E-state index in [4.69, 9.17) is 0 Å². The monoisotopic (exact) mass is 995 g/mol. The van der Waals surface area contributed by atoms with Gasteiger partial charge in [0, 0.05) is 55.4 Å². The predicted octanol–water partition coefficient (Wildman–Crippen LogP) is 20.3. The van der Waals surface area contributed by atoms with Crippen LogP contribution in [0.5, 0.6) is 0 Å². The van der Waals surface area contributed by atoms with Gasteiger partial charge in [-0.1, -0.05) is 190 Å². The lowest BCUT2D eigenvalue weighted by Crippen LogP contribution is -2.17. The molecule has 0 saturated carbocycles. The quantitative estimate of drug-likeness (QED) is 0.140. The van der Waals surface area contributed by atoms with Crippen molar-refractivity contribution in [3.8, 4) is 67.0 Å². The molecule has 0 fully saturated rings. The van der Waals surface area contributed by atoms with Crippen LogP contribution in [0.4, 0.5) is 17.1 Å². The van der Waals surface area contributed by atoms with E-state index in [1.807, 2.05) is 0 Å². The highest BCUT2D eigenvalue weighted by Gasteiger charge is 2.39. The fourth-order valence-corrected chi connectivity index (χ4v) is 12.8. The van der Waals surface area contributed by atoms with Crippen LogP contribution in [0.25, 0.3) is 111 Å². The topological polar surface area (TPSA) is 13.1 Å². The molecule has 0 amide bonds. The Morgan fingerprint density at radius 1 is 0.269 bits per heavy atom. The van der Waals surface area contributed by atoms with Gasteiger partial charge in [-0.15, -0.1) is 0 Å². The Hall–Kier alpha value is -9.96. The smallest absolute Gasteiger partial charge is 0.0541 e. The summed E-state index contributed by atoms with van der Waals surface area (Å²) in [7, 11) is 0. The first-order valence-corrected chi connectivity index (χ1v) is 27.1. The van der Waals surface area contributed by atoms with Crippen LogP contribution >= 0.6 is 0 Å². The van der Waals surface area contributed by atoms with E-state index in [-0.39, 0.29) is 5.41 Å². The van der Waals surface area contributed by atoms with E-state index in [9.17, 15) is 0 Å². The van der Waals surface area contributed by atoms with Gasteiger partial charge >= 0.3 is 0 Å². The summed E-state index contributed by atoms with van der Waals surface area (Å²) in [5, 5.41) is 4.98. The third-order valence-electron chi connectivity index (χ3n) is 16.5. The second kappa shape index (κ2) is 18.1. The molecule has 0 unspecified atom stereocenters. The van der Waals surface area contributed by atoms with E-state index < -0.39 is 0 Å². The van der Waals surface area contributed by atoms with Crippen LogP contribution < -0.4 is 4.90 Å². The zero-order valence-corrected chi connectivity index (χ0v) is 43.5. The van der Waals surface area contributed by atoms with Crippen LogP contribution in [0, 0.1) is 0 Å². The largest absolute Gasteiger partial charge is 0.310 e. The normalized spacial score (nSPS) is 12.6. The molecule has 14 aromatic rings. The fourth-order valence-electron chi connectivity index (χ4n) is 12.8. The first-order chi connectivity index (χ1) is 38.4. The lowest BCUT2D eigenvalue weighted by atomic mass is 9.78. The standard InChI is InChI=1S/C75H53N3/c1-75(2)69-49-61(41-42-62(69)68-48-56(50-19-7-3-8-20-50)47-65(74(68)75)53-21-9-4-10-22-53)76(59-37-31-51(32-38-59)54-35-43-72-66(45-54)63-27-15-17-29-70(63)77(72)57-23-11-5-12-24-57)60-39-33-52(34-40-60)55-36-44-73-67(46-55)64-28-16-18-30-71(64)78(73)58-25-13-6-14-26-58/h3-49H,1-2H3. The first-order valence-electron chi connectivity index (χ1n) is 27.1. The summed E-state index contributed by atoms with van der Waals surface area (Å²) in [6.45, 7) is 4.82. The second-order valence-corrected chi connectivity index (χ2v) is 21.3. The maximum Gasteiger partial charge on any atom is 0.0541 e. The van der Waals surface area contributed by atoms with Gasteiger partial charge in [-0.3, -0.25) is 0 Å². The molecule has 0 N–H and O–H groups in total. The maximum absolute atomic E-state index is 2.46. The highest BCUT2D eigenvalue weighted by molar-refractivity contribution is 6.12. The molecule has 1 aliphatic carbocycles. The van der Waals surface area contributed by atoms with E-state index in [0.29, 0.717) is 0 Å². The van der Waals surface area contributed by atoms with Crippen LogP contribution in [-0.2, 0) is 5.41 Å². The van der Waals surface area contributed by atoms with Crippen LogP contribution in [0.3, 0.4) is 0 Å². The summed E-state index contributed by atoms with van der Waals surface area (Å²) in [6, 6.07) is 105. The summed E-state index contributed by atoms with van der Waals surface area (Å²) in [4.78, 5) is 2.44. The molecule has 1 aliphatic rings. The van der Waals surface area contributed by atoms with Crippen molar-refractivity contribution in [2.24, 2.45) is 0 Å². The minimum absolute atomic E-state index is 0.287. The highest BCUT2D eigenvalue weighted by atomic mass is 15.1. The van der Waals surface area contributed by atoms with Crippen LogP contribution in [0.15, 0.2) is 285 Å². The van der Waals surface area contributed by atoms with Gasteiger partial charge in [0.1, 0.15) is 0 Å². The molecule has 12 aromatic carbocycles. The minimum Gasteiger partial charge on any atom is -0.310 e. The molecule has 0 saturated heterocycles. The molecule has 3 heteroatoms. The number of hydrogen-bond acceptors (Lipinski definition) is 1. The Kier molecular flexibility index (Phi) is 10.6. The van der Waals surface area contributed by atoms with Crippen LogP contribution in [0.2, 0.25) is 0 Å². The number of nitrogens with zero attached hydrogens (tertiary/aromatic N) is 3. The van der Waals surface area contributed by atoms with Crippen molar-refractivity contribution in [1.82, 2.24) is 9.13 Å². The molecular weight excluding hydrogens is 943 g/mol. The molecule has 0 aliphatic heterocycles. The average molecular weight is 996 g/mol. The van der Waals surface area contributed by atoms with Gasteiger partial charge < -0.3 is 14.0 Å². The van der Waals surface area contributed by atoms with Crippen molar-refractivity contribution in [3.63, 3.8) is 0 Å². The Morgan fingerprint density at radius 3 is 1.18 bits per heavy atom. The van der Waals surface area contributed by atoms with Crippen molar-refractivity contribution in [2.45, 2.75) is 19.3 Å². The fraction of sp³-hybridized carbons (Fsp3) is 0.0400. The van der Waals surface area contributed by atoms with Crippen molar-refractivity contribution in [2.75, 3.05) is 4.90 Å². The van der Waals surface area contributed by atoms with Crippen molar-refractivity contribution < 1.29 is 0 Å². The van der Waals surface area contributed by atoms with Crippen LogP contribution in [0.1, 0.15) is 25.0 Å². The van der Waals surface area contributed by atoms with Gasteiger partial charge in [0.2, 0.25) is 0 Å². The van der Waals surface area contributed by atoms with E-state index >= 15 is 0 Å². The molecule has 0 spiro atoms. The lowest BCUT2D eigenvalue weighted by molar-refractivity contribution is 0.662. The van der Waals surface area contributed by atoms with E-state index in [1.165, 1.54) is 110 Å². The maximum atomic E-state index is 2.46. The van der Waals surface area contributed by atoms with Gasteiger partial charge in [-0.2, -0.15) is 0 Å². The van der Waals surface area contributed by atoms with Crippen LogP contribution in [-0.4, -0.2) is 9.13 Å². The molecule has 2 aromatic heterocycles. The third kappa shape index (κ3) is 7.34. The molecular formula is C75H53N3. The third-order valence-corrected chi connectivity index (χ3v) is 16.5. The highest BCUT2D eigenvalue weighted by Crippen LogP contribution is 2.55. The first kappa shape index (κ1) is 45.4. The average Bonchev–Trinajstić information content (AvgIpc) is 4.33. The summed E-state index contributed by atoms with van der Waals surface area (Å²) < 4.78 is 4.76. The number of para-hydroxylation sites is 4. The molecule has 0 radical (unpaired) electrons. The SMILES string of the molecule is CC1(C)c2cc(N(c3ccc(-c4ccc5c(c4)c4ccccc4n5-c4ccccc4)cc3)c3ccc(-c4ccc5c(c4)c4ccccc4n5-c4ccccc4)cc3)ccc2-c2cc(-c3ccccc3)cc(-c3ccccc3)c21. The van der Waals surface area contributed by atoms with Gasteiger partial charge in [0.15, 0.2) is 0 Å². The molecule has 2 heterocycles. The summed E-state index contributed by atoms with van der Waals surface area (Å²) in [5.74, 6) is 0. The van der Waals surface area contributed by atoms with E-state index in [0.717, 1.165) is 28.4 Å². The number of hydrogen-bond donors (Lipinski definition) is 0. The molecule has 0 atom stereocenters. The molecule has 15 rings (SSSR count). The van der Waals surface area contributed by atoms with Gasteiger partial charge in [-0.25, -0.2) is 0 Å². The second-order valence-electron chi connectivity index (χ2n) is 21.3. The lowest BCUT2D eigenvalue weighted by Gasteiger charge is -2.29. The van der Waals surface area contributed by atoms with Crippen molar-refractivity contribution in [1.29, 1.82) is 0 Å². The number of aromatic nitrogens is 2. The zero-order valence-electron chi connectivity index (χ0n) is 43.5. The Labute approximate surface area is 454 Å². The molecule has 368 valence electrons. The number of fused-ring (bicyclic) bond motifs is 9. The Bertz CT molecular complexity index is 4390. The van der Waals surface area contributed by atoms with Crippen molar-refractivity contribution >= 4 is 60.7 Å². The van der Waals surface area contributed by atoms with Gasteiger partial charge in [-0.05, 0) is 176 Å². The number of rotatable bonds is 9. The van der Waals surface area contributed by atoms with Gasteiger partial charge in [0.05, 0.1) is 22.1 Å². The van der Waals surface area contributed by atoms with E-state index in [2.05, 4.69) is 313 Å². The summed E-state index contributed by atoms with van der Waals surface area (Å²) in [5.41, 5.74) is 25.1. The van der Waals surface area contributed by atoms with Gasteiger partial charge in [0.25, 0.3) is 0 Å². The summed E-state index contributed by atoms with van der Waals surface area (Å²) >= 11 is 0. The molecule has 0 bridgehead atoms. The predicted molar refractivity (Wildman–Crippen MR) is 329 cm³/mol. The van der Waals surface area contributed by atoms with E-state index in [1.54, 1.807) is 0 Å². The minimum atomic E-state index is -0.287. The van der Waals surface area contributed by atoms with Crippen molar-refractivity contribution in [3.05, 3.63) is 296 Å². The summed E-state index contributed by atoms with van der Waals surface area (Å²) in [6.07, 6.45) is 0. The zero-order chi connectivity index (χ0) is 51.9. The molecule has 78 heavy (non-hydrogen) atoms. The molecule has 3 nitrogen and oxygen atoms in total. The number of benzene rings is 12. The number of anilines is 3.